The molecule has 2 aliphatic rings. The number of aryl methyl sites for hydroxylation is 1. The maximum atomic E-state index is 13.5. The first kappa shape index (κ1) is 19.1. The van der Waals surface area contributed by atoms with Gasteiger partial charge in [0.05, 0.1) is 23.4 Å². The lowest BCUT2D eigenvalue weighted by Gasteiger charge is -2.29. The maximum absolute atomic E-state index is 13.5. The van der Waals surface area contributed by atoms with E-state index < -0.39 is 0 Å². The summed E-state index contributed by atoms with van der Waals surface area (Å²) in [4.78, 5) is 22.3. The number of amides is 1. The molecule has 4 heterocycles. The number of hydrogen-bond donors (Lipinski definition) is 0. The fraction of sp³-hybridized carbons (Fsp3) is 0.474. The molecule has 1 amide bonds. The molecule has 0 atom stereocenters. The van der Waals surface area contributed by atoms with Gasteiger partial charge in [-0.3, -0.25) is 14.6 Å². The van der Waals surface area contributed by atoms with E-state index in [-0.39, 0.29) is 5.91 Å². The number of fused-ring (bicyclic) bond motifs is 2. The second kappa shape index (κ2) is 8.10. The van der Waals surface area contributed by atoms with Crippen LogP contribution in [0.4, 0.5) is 5.13 Å². The lowest BCUT2D eigenvalue weighted by Crippen LogP contribution is -2.43. The van der Waals surface area contributed by atoms with Gasteiger partial charge in [0.2, 0.25) is 5.82 Å². The molecule has 0 spiro atoms. The summed E-state index contributed by atoms with van der Waals surface area (Å²) in [5.41, 5.74) is 0.892. The fourth-order valence-electron chi connectivity index (χ4n) is 3.78. The van der Waals surface area contributed by atoms with Crippen LogP contribution in [0.5, 0.6) is 0 Å². The largest absolute Gasteiger partial charge is 0.379 e. The van der Waals surface area contributed by atoms with E-state index in [2.05, 4.69) is 31.0 Å². The predicted octanol–water partition coefficient (Wildman–Crippen LogP) is 2.58. The van der Waals surface area contributed by atoms with Gasteiger partial charge in [0.25, 0.3) is 5.91 Å². The number of carbonyl (C=O) groups excluding carboxylic acids is 1. The quantitative estimate of drug-likeness (QED) is 0.563. The highest BCUT2D eigenvalue weighted by Crippen LogP contribution is 2.31. The highest BCUT2D eigenvalue weighted by Gasteiger charge is 2.29. The first-order valence-corrected chi connectivity index (χ1v) is 11.4. The second-order valence-corrected chi connectivity index (χ2v) is 9.14. The molecule has 0 unspecified atom stereocenters. The minimum absolute atomic E-state index is 0.128. The summed E-state index contributed by atoms with van der Waals surface area (Å²) in [7, 11) is 0. The van der Waals surface area contributed by atoms with Gasteiger partial charge in [-0.15, -0.1) is 10.2 Å². The Balaban J connectivity index is 1.46. The molecule has 10 heteroatoms. The molecule has 0 bridgehead atoms. The molecule has 8 nitrogen and oxygen atoms in total. The summed E-state index contributed by atoms with van der Waals surface area (Å²) in [5, 5.41) is 9.12. The van der Waals surface area contributed by atoms with Crippen molar-refractivity contribution in [2.45, 2.75) is 19.4 Å². The smallest absolute Gasteiger partial charge is 0.298 e. The summed E-state index contributed by atoms with van der Waals surface area (Å²) in [6, 6.07) is 5.98. The molecule has 0 aliphatic carbocycles. The van der Waals surface area contributed by atoms with Crippen molar-refractivity contribution in [1.29, 1.82) is 0 Å². The van der Waals surface area contributed by atoms with Crippen LogP contribution in [0, 0.1) is 0 Å². The molecule has 1 saturated heterocycles. The standard InChI is InChI=1S/C19H21BrN6O2S/c20-13-3-4-14-15(12-13)29-19(21-14)26(7-6-24-8-10-28-11-9-24)18(27)17-23-22-16-2-1-5-25(16)17/h3-4,12H,1-2,5-11H2. The van der Waals surface area contributed by atoms with E-state index >= 15 is 0 Å². The zero-order chi connectivity index (χ0) is 19.8. The average Bonchev–Trinajstić information content (AvgIpc) is 3.44. The number of ether oxygens (including phenoxy) is 1. The summed E-state index contributed by atoms with van der Waals surface area (Å²) in [6.07, 6.45) is 1.89. The van der Waals surface area contributed by atoms with Gasteiger partial charge in [0, 0.05) is 43.6 Å². The van der Waals surface area contributed by atoms with Crippen molar-refractivity contribution in [3.05, 3.63) is 34.3 Å². The number of benzene rings is 1. The van der Waals surface area contributed by atoms with Gasteiger partial charge in [0.1, 0.15) is 5.82 Å². The molecule has 5 rings (SSSR count). The van der Waals surface area contributed by atoms with E-state index in [4.69, 9.17) is 9.72 Å². The SMILES string of the molecule is O=C(c1nnc2n1CCC2)N(CCN1CCOCC1)c1nc2ccc(Br)cc2s1. The van der Waals surface area contributed by atoms with Gasteiger partial charge in [-0.25, -0.2) is 4.98 Å². The van der Waals surface area contributed by atoms with Gasteiger partial charge in [-0.2, -0.15) is 0 Å². The van der Waals surface area contributed by atoms with Gasteiger partial charge in [-0.1, -0.05) is 27.3 Å². The molecule has 29 heavy (non-hydrogen) atoms. The van der Waals surface area contributed by atoms with Crippen molar-refractivity contribution in [3.63, 3.8) is 0 Å². The topological polar surface area (TPSA) is 76.4 Å². The monoisotopic (exact) mass is 476 g/mol. The third-order valence-corrected chi connectivity index (χ3v) is 6.89. The molecule has 0 saturated carbocycles. The number of nitrogens with zero attached hydrogens (tertiary/aromatic N) is 6. The van der Waals surface area contributed by atoms with Crippen LogP contribution in [-0.2, 0) is 17.7 Å². The Hall–Kier alpha value is -1.88. The third kappa shape index (κ3) is 3.81. The molecule has 2 aliphatic heterocycles. The van der Waals surface area contributed by atoms with E-state index in [9.17, 15) is 4.79 Å². The summed E-state index contributed by atoms with van der Waals surface area (Å²) >= 11 is 5.04. The molecule has 152 valence electrons. The molecule has 2 aromatic heterocycles. The second-order valence-electron chi connectivity index (χ2n) is 7.21. The number of morpholine rings is 1. The van der Waals surface area contributed by atoms with Crippen LogP contribution in [0.2, 0.25) is 0 Å². The van der Waals surface area contributed by atoms with Crippen LogP contribution in [0.15, 0.2) is 22.7 Å². The van der Waals surface area contributed by atoms with Crippen LogP contribution in [0.3, 0.4) is 0 Å². The Morgan fingerprint density at radius 3 is 2.97 bits per heavy atom. The van der Waals surface area contributed by atoms with Crippen molar-refractivity contribution in [2.24, 2.45) is 0 Å². The number of halogens is 1. The van der Waals surface area contributed by atoms with Crippen LogP contribution in [0.1, 0.15) is 22.9 Å². The Morgan fingerprint density at radius 2 is 2.10 bits per heavy atom. The number of aromatic nitrogens is 4. The predicted molar refractivity (Wildman–Crippen MR) is 115 cm³/mol. The van der Waals surface area contributed by atoms with Crippen LogP contribution >= 0.6 is 27.3 Å². The van der Waals surface area contributed by atoms with E-state index in [1.807, 2.05) is 22.8 Å². The lowest BCUT2D eigenvalue weighted by molar-refractivity contribution is 0.0390. The highest BCUT2D eigenvalue weighted by atomic mass is 79.9. The van der Waals surface area contributed by atoms with Crippen LogP contribution < -0.4 is 4.90 Å². The molecular weight excluding hydrogens is 456 g/mol. The van der Waals surface area contributed by atoms with Gasteiger partial charge < -0.3 is 9.30 Å². The molecule has 1 aromatic carbocycles. The minimum Gasteiger partial charge on any atom is -0.379 e. The fourth-order valence-corrected chi connectivity index (χ4v) is 5.32. The van der Waals surface area contributed by atoms with Crippen molar-refractivity contribution in [3.8, 4) is 0 Å². The lowest BCUT2D eigenvalue weighted by atomic mass is 10.3. The normalized spacial score (nSPS) is 17.0. The van der Waals surface area contributed by atoms with Crippen LogP contribution in [0.25, 0.3) is 10.2 Å². The zero-order valence-corrected chi connectivity index (χ0v) is 18.3. The van der Waals surface area contributed by atoms with Gasteiger partial charge in [-0.05, 0) is 24.6 Å². The maximum Gasteiger partial charge on any atom is 0.298 e. The zero-order valence-electron chi connectivity index (χ0n) is 15.9. The highest BCUT2D eigenvalue weighted by molar-refractivity contribution is 9.10. The van der Waals surface area contributed by atoms with Crippen molar-refractivity contribution in [1.82, 2.24) is 24.6 Å². The number of hydrogen-bond acceptors (Lipinski definition) is 7. The van der Waals surface area contributed by atoms with Crippen molar-refractivity contribution >= 4 is 48.5 Å². The van der Waals surface area contributed by atoms with Crippen LogP contribution in [-0.4, -0.2) is 69.9 Å². The number of anilines is 1. The number of rotatable bonds is 5. The summed E-state index contributed by atoms with van der Waals surface area (Å²) < 4.78 is 9.44. The van der Waals surface area contributed by atoms with E-state index in [1.54, 1.807) is 4.90 Å². The molecular formula is C19H21BrN6O2S. The number of thiazole rings is 1. The first-order chi connectivity index (χ1) is 14.2. The minimum atomic E-state index is -0.128. The van der Waals surface area contributed by atoms with E-state index in [1.165, 1.54) is 11.3 Å². The third-order valence-electron chi connectivity index (χ3n) is 5.36. The average molecular weight is 477 g/mol. The van der Waals surface area contributed by atoms with E-state index in [0.29, 0.717) is 17.5 Å². The van der Waals surface area contributed by atoms with Gasteiger partial charge >= 0.3 is 0 Å². The summed E-state index contributed by atoms with van der Waals surface area (Å²) in [5.74, 6) is 1.19. The molecule has 1 fully saturated rings. The molecule has 3 aromatic rings. The number of carbonyl (C=O) groups is 1. The Kier molecular flexibility index (Phi) is 5.33. The molecule has 0 radical (unpaired) electrons. The summed E-state index contributed by atoms with van der Waals surface area (Å²) in [6.45, 7) is 5.37. The molecule has 0 N–H and O–H groups in total. The first-order valence-electron chi connectivity index (χ1n) is 9.79. The van der Waals surface area contributed by atoms with E-state index in [0.717, 1.165) is 72.7 Å². The van der Waals surface area contributed by atoms with Gasteiger partial charge in [0.15, 0.2) is 5.13 Å². The Morgan fingerprint density at radius 1 is 1.24 bits per heavy atom. The Bertz CT molecular complexity index is 1040. The van der Waals surface area contributed by atoms with Crippen molar-refractivity contribution in [2.75, 3.05) is 44.3 Å². The van der Waals surface area contributed by atoms with Crippen molar-refractivity contribution < 1.29 is 9.53 Å². The Labute approximate surface area is 180 Å².